The molecule has 0 radical (unpaired) electrons. The Morgan fingerprint density at radius 1 is 1.19 bits per heavy atom. The van der Waals surface area contributed by atoms with Crippen LogP contribution >= 0.6 is 11.3 Å². The molecule has 21 heavy (non-hydrogen) atoms. The molecule has 0 saturated heterocycles. The molecule has 2 rings (SSSR count). The molecule has 2 aromatic rings. The molecule has 1 unspecified atom stereocenters. The summed E-state index contributed by atoms with van der Waals surface area (Å²) in [5.41, 5.74) is 0.990. The Bertz CT molecular complexity index is 705. The summed E-state index contributed by atoms with van der Waals surface area (Å²) in [5, 5.41) is 3.45. The molecule has 1 aromatic heterocycles. The second-order valence-corrected chi connectivity index (χ2v) is 8.21. The lowest BCUT2D eigenvalue weighted by atomic mass is 10.1. The Balaban J connectivity index is 2.43. The molecule has 0 spiro atoms. The zero-order chi connectivity index (χ0) is 15.5. The van der Waals surface area contributed by atoms with Crippen LogP contribution in [-0.2, 0) is 16.3 Å². The van der Waals surface area contributed by atoms with Crippen LogP contribution < -0.4 is 5.32 Å². The first-order valence-electron chi connectivity index (χ1n) is 7.07. The summed E-state index contributed by atoms with van der Waals surface area (Å²) in [6, 6.07) is 11.5. The van der Waals surface area contributed by atoms with Gasteiger partial charge in [0.25, 0.3) is 0 Å². The fraction of sp³-hybridized carbons (Fsp3) is 0.375. The smallest absolute Gasteiger partial charge is 0.175 e. The molecule has 0 aliphatic carbocycles. The molecule has 1 heterocycles. The number of benzene rings is 1. The second-order valence-electron chi connectivity index (χ2n) is 4.99. The van der Waals surface area contributed by atoms with E-state index in [4.69, 9.17) is 0 Å². The van der Waals surface area contributed by atoms with Crippen molar-refractivity contribution in [3.8, 4) is 0 Å². The van der Waals surface area contributed by atoms with Crippen LogP contribution in [0.2, 0.25) is 0 Å². The number of sulfone groups is 1. The minimum atomic E-state index is -3.18. The second kappa shape index (κ2) is 6.73. The Kier molecular flexibility index (Phi) is 5.19. The first-order chi connectivity index (χ1) is 9.95. The average Bonchev–Trinajstić information content (AvgIpc) is 2.92. The van der Waals surface area contributed by atoms with Crippen LogP contribution in [0.25, 0.3) is 0 Å². The van der Waals surface area contributed by atoms with Gasteiger partial charge in [0.15, 0.2) is 9.84 Å². The minimum Gasteiger partial charge on any atom is -0.306 e. The van der Waals surface area contributed by atoms with Gasteiger partial charge in [-0.2, -0.15) is 0 Å². The van der Waals surface area contributed by atoms with Gasteiger partial charge in [-0.3, -0.25) is 0 Å². The standard InChI is InChI=1S/C16H21NO2S2/c1-4-13-9-10-15(20-13)16(17-5-2)12-7-6-8-14(11-12)21(3,18)19/h6-11,16-17H,4-5H2,1-3H3. The normalized spacial score (nSPS) is 13.3. The molecule has 1 atom stereocenters. The van der Waals surface area contributed by atoms with Gasteiger partial charge in [0.05, 0.1) is 10.9 Å². The third kappa shape index (κ3) is 3.93. The van der Waals surface area contributed by atoms with Crippen LogP contribution in [0.15, 0.2) is 41.3 Å². The number of rotatable bonds is 6. The molecule has 0 aliphatic heterocycles. The largest absolute Gasteiger partial charge is 0.306 e. The van der Waals surface area contributed by atoms with Crippen molar-refractivity contribution in [3.63, 3.8) is 0 Å². The maximum absolute atomic E-state index is 11.7. The molecule has 114 valence electrons. The van der Waals surface area contributed by atoms with Crippen molar-refractivity contribution in [2.45, 2.75) is 31.2 Å². The first kappa shape index (κ1) is 16.2. The maximum atomic E-state index is 11.7. The van der Waals surface area contributed by atoms with Crippen molar-refractivity contribution in [3.05, 3.63) is 51.7 Å². The highest BCUT2D eigenvalue weighted by Crippen LogP contribution is 2.30. The first-order valence-corrected chi connectivity index (χ1v) is 9.78. The number of aryl methyl sites for hydroxylation is 1. The van der Waals surface area contributed by atoms with E-state index in [1.165, 1.54) is 16.0 Å². The average molecular weight is 323 g/mol. The molecule has 0 aliphatic rings. The zero-order valence-electron chi connectivity index (χ0n) is 12.6. The summed E-state index contributed by atoms with van der Waals surface area (Å²) in [6.07, 6.45) is 2.27. The number of thiophene rings is 1. The van der Waals surface area contributed by atoms with Gasteiger partial charge < -0.3 is 5.32 Å². The highest BCUT2D eigenvalue weighted by atomic mass is 32.2. The third-order valence-electron chi connectivity index (χ3n) is 3.34. The highest BCUT2D eigenvalue weighted by molar-refractivity contribution is 7.90. The molecular weight excluding hydrogens is 302 g/mol. The summed E-state index contributed by atoms with van der Waals surface area (Å²) in [7, 11) is -3.18. The van der Waals surface area contributed by atoms with E-state index in [0.717, 1.165) is 18.5 Å². The van der Waals surface area contributed by atoms with Gasteiger partial charge >= 0.3 is 0 Å². The molecule has 0 fully saturated rings. The summed E-state index contributed by atoms with van der Waals surface area (Å²) in [6.45, 7) is 5.02. The van der Waals surface area contributed by atoms with E-state index in [9.17, 15) is 8.42 Å². The van der Waals surface area contributed by atoms with Crippen LogP contribution in [0.4, 0.5) is 0 Å². The van der Waals surface area contributed by atoms with Crippen molar-refractivity contribution in [1.82, 2.24) is 5.32 Å². The fourth-order valence-corrected chi connectivity index (χ4v) is 3.98. The van der Waals surface area contributed by atoms with Gasteiger partial charge in [-0.05, 0) is 42.8 Å². The predicted octanol–water partition coefficient (Wildman–Crippen LogP) is 3.41. The number of nitrogens with one attached hydrogen (secondary N) is 1. The topological polar surface area (TPSA) is 46.2 Å². The molecule has 5 heteroatoms. The van der Waals surface area contributed by atoms with Crippen molar-refractivity contribution >= 4 is 21.2 Å². The van der Waals surface area contributed by atoms with E-state index in [0.29, 0.717) is 4.90 Å². The molecule has 1 N–H and O–H groups in total. The number of hydrogen-bond donors (Lipinski definition) is 1. The van der Waals surface area contributed by atoms with Crippen LogP contribution in [-0.4, -0.2) is 21.2 Å². The lowest BCUT2D eigenvalue weighted by Gasteiger charge is -2.17. The van der Waals surface area contributed by atoms with Crippen molar-refractivity contribution in [2.24, 2.45) is 0 Å². The van der Waals surface area contributed by atoms with Gasteiger partial charge in [-0.1, -0.05) is 26.0 Å². The quantitative estimate of drug-likeness (QED) is 0.886. The molecule has 0 bridgehead atoms. The van der Waals surface area contributed by atoms with Crippen LogP contribution in [0.5, 0.6) is 0 Å². The summed E-state index contributed by atoms with van der Waals surface area (Å²) in [5.74, 6) is 0. The fourth-order valence-electron chi connectivity index (χ4n) is 2.25. The summed E-state index contributed by atoms with van der Waals surface area (Å²) < 4.78 is 23.5. The SMILES string of the molecule is CCNC(c1cccc(S(C)(=O)=O)c1)c1ccc(CC)s1. The predicted molar refractivity (Wildman–Crippen MR) is 88.8 cm³/mol. The van der Waals surface area contributed by atoms with Crippen molar-refractivity contribution < 1.29 is 8.42 Å². The van der Waals surface area contributed by atoms with Crippen LogP contribution in [0.3, 0.4) is 0 Å². The molecule has 0 saturated carbocycles. The minimum absolute atomic E-state index is 0.0435. The summed E-state index contributed by atoms with van der Waals surface area (Å²) in [4.78, 5) is 2.93. The lowest BCUT2D eigenvalue weighted by Crippen LogP contribution is -2.21. The Labute approximate surface area is 130 Å². The van der Waals surface area contributed by atoms with E-state index in [-0.39, 0.29) is 6.04 Å². The monoisotopic (exact) mass is 323 g/mol. The van der Waals surface area contributed by atoms with Gasteiger partial charge in [0.2, 0.25) is 0 Å². The van der Waals surface area contributed by atoms with E-state index >= 15 is 0 Å². The van der Waals surface area contributed by atoms with Gasteiger partial charge in [-0.25, -0.2) is 8.42 Å². The lowest BCUT2D eigenvalue weighted by molar-refractivity contribution is 0.600. The van der Waals surface area contributed by atoms with Crippen LogP contribution in [0.1, 0.15) is 35.2 Å². The van der Waals surface area contributed by atoms with E-state index in [1.54, 1.807) is 23.5 Å². The Morgan fingerprint density at radius 3 is 2.52 bits per heavy atom. The number of hydrogen-bond acceptors (Lipinski definition) is 4. The van der Waals surface area contributed by atoms with Crippen molar-refractivity contribution in [1.29, 1.82) is 0 Å². The van der Waals surface area contributed by atoms with Crippen molar-refractivity contribution in [2.75, 3.05) is 12.8 Å². The highest BCUT2D eigenvalue weighted by Gasteiger charge is 2.17. The van der Waals surface area contributed by atoms with E-state index < -0.39 is 9.84 Å². The van der Waals surface area contributed by atoms with Gasteiger partial charge in [0.1, 0.15) is 0 Å². The molecule has 3 nitrogen and oxygen atoms in total. The molecule has 0 amide bonds. The molecule has 1 aromatic carbocycles. The van der Waals surface area contributed by atoms with E-state index in [1.807, 2.05) is 12.1 Å². The Hall–Kier alpha value is -1.17. The van der Waals surface area contributed by atoms with Gasteiger partial charge in [-0.15, -0.1) is 11.3 Å². The zero-order valence-corrected chi connectivity index (χ0v) is 14.2. The van der Waals surface area contributed by atoms with Gasteiger partial charge in [0, 0.05) is 16.0 Å². The Morgan fingerprint density at radius 2 is 1.95 bits per heavy atom. The molecular formula is C16H21NO2S2. The van der Waals surface area contributed by atoms with Crippen LogP contribution in [0, 0.1) is 0 Å². The third-order valence-corrected chi connectivity index (χ3v) is 5.75. The maximum Gasteiger partial charge on any atom is 0.175 e. The summed E-state index contributed by atoms with van der Waals surface area (Å²) >= 11 is 1.78. The van der Waals surface area contributed by atoms with E-state index in [2.05, 4.69) is 31.3 Å².